The summed E-state index contributed by atoms with van der Waals surface area (Å²) in [6, 6.07) is 14.5. The first-order valence-corrected chi connectivity index (χ1v) is 11.1. The number of methoxy groups -OCH3 is 1. The molecule has 7 heteroatoms. The third-order valence-electron chi connectivity index (χ3n) is 5.54. The van der Waals surface area contributed by atoms with Crippen molar-refractivity contribution in [3.05, 3.63) is 64.7 Å². The van der Waals surface area contributed by atoms with Crippen LogP contribution in [0.2, 0.25) is 0 Å². The Morgan fingerprint density at radius 1 is 1.16 bits per heavy atom. The highest BCUT2D eigenvalue weighted by Gasteiger charge is 2.19. The van der Waals surface area contributed by atoms with Gasteiger partial charge in [0.15, 0.2) is 5.96 Å². The zero-order valence-corrected chi connectivity index (χ0v) is 21.6. The molecule has 0 atom stereocenters. The van der Waals surface area contributed by atoms with E-state index in [1.165, 1.54) is 11.1 Å². The van der Waals surface area contributed by atoms with Gasteiger partial charge in [-0.15, -0.1) is 24.0 Å². The monoisotopic (exact) mass is 550 g/mol. The maximum absolute atomic E-state index is 12.6. The molecule has 1 aliphatic rings. The predicted octanol–water partition coefficient (Wildman–Crippen LogP) is 4.04. The second-order valence-electron chi connectivity index (χ2n) is 7.87. The molecule has 2 N–H and O–H groups in total. The highest BCUT2D eigenvalue weighted by Crippen LogP contribution is 2.21. The molecule has 0 radical (unpaired) electrons. The number of hydrogen-bond donors (Lipinski definition) is 2. The molecule has 2 aromatic carbocycles. The van der Waals surface area contributed by atoms with Crippen LogP contribution in [-0.4, -0.2) is 43.5 Å². The van der Waals surface area contributed by atoms with Crippen LogP contribution in [0, 0.1) is 6.92 Å². The number of nitrogens with one attached hydrogen (secondary N) is 2. The fourth-order valence-electron chi connectivity index (χ4n) is 3.80. The van der Waals surface area contributed by atoms with Gasteiger partial charge in [-0.25, -0.2) is 4.99 Å². The second-order valence-corrected chi connectivity index (χ2v) is 7.87. The van der Waals surface area contributed by atoms with Crippen LogP contribution < -0.4 is 15.4 Å². The van der Waals surface area contributed by atoms with E-state index in [9.17, 15) is 4.79 Å². The molecule has 6 nitrogen and oxygen atoms in total. The minimum atomic E-state index is 0. The van der Waals surface area contributed by atoms with Gasteiger partial charge < -0.3 is 20.3 Å². The number of carbonyl (C=O) groups is 1. The topological polar surface area (TPSA) is 66.0 Å². The maximum atomic E-state index is 12.6. The highest BCUT2D eigenvalue weighted by atomic mass is 127. The molecule has 0 aromatic heterocycles. The average molecular weight is 550 g/mol. The van der Waals surface area contributed by atoms with Crippen LogP contribution >= 0.6 is 24.0 Å². The van der Waals surface area contributed by atoms with Crippen molar-refractivity contribution in [1.82, 2.24) is 15.5 Å². The summed E-state index contributed by atoms with van der Waals surface area (Å²) in [5, 5.41) is 6.61. The summed E-state index contributed by atoms with van der Waals surface area (Å²) in [6.45, 7) is 7.64. The van der Waals surface area contributed by atoms with Crippen LogP contribution in [0.3, 0.4) is 0 Å². The fourth-order valence-corrected chi connectivity index (χ4v) is 3.80. The van der Waals surface area contributed by atoms with Crippen molar-refractivity contribution in [3.8, 4) is 5.75 Å². The summed E-state index contributed by atoms with van der Waals surface area (Å²) in [6.07, 6.45) is 2.26. The fraction of sp³-hybridized carbons (Fsp3) is 0.440. The van der Waals surface area contributed by atoms with E-state index in [0.717, 1.165) is 55.3 Å². The smallest absolute Gasteiger partial charge is 0.222 e. The molecular formula is C25H35IN4O2. The summed E-state index contributed by atoms with van der Waals surface area (Å²) >= 11 is 0. The van der Waals surface area contributed by atoms with Crippen molar-refractivity contribution < 1.29 is 9.53 Å². The van der Waals surface area contributed by atoms with E-state index in [2.05, 4.69) is 46.0 Å². The van der Waals surface area contributed by atoms with Gasteiger partial charge in [0.05, 0.1) is 13.7 Å². The molecule has 3 rings (SSSR count). The number of rotatable bonds is 8. The van der Waals surface area contributed by atoms with E-state index >= 15 is 0 Å². The van der Waals surface area contributed by atoms with Crippen LogP contribution in [0.4, 0.5) is 0 Å². The molecule has 0 fully saturated rings. The van der Waals surface area contributed by atoms with E-state index in [4.69, 9.17) is 4.74 Å². The highest BCUT2D eigenvalue weighted by molar-refractivity contribution is 14.0. The lowest BCUT2D eigenvalue weighted by Crippen LogP contribution is -2.39. The Hall–Kier alpha value is -2.29. The Morgan fingerprint density at radius 3 is 2.69 bits per heavy atom. The number of nitrogens with zero attached hydrogens (tertiary/aromatic N) is 2. The van der Waals surface area contributed by atoms with Crippen molar-refractivity contribution >= 4 is 35.8 Å². The number of aliphatic imine (C=N–C) groups is 1. The van der Waals surface area contributed by atoms with Gasteiger partial charge >= 0.3 is 0 Å². The van der Waals surface area contributed by atoms with E-state index in [1.54, 1.807) is 7.11 Å². The maximum Gasteiger partial charge on any atom is 0.222 e. The van der Waals surface area contributed by atoms with Crippen LogP contribution in [0.15, 0.2) is 47.5 Å². The molecule has 2 aromatic rings. The SMILES string of the molecule is CCNC(=NCc1ccc(C)cc1OC)NCCCC(=O)N1CCc2ccccc2C1.I. The van der Waals surface area contributed by atoms with Crippen molar-refractivity contribution in [1.29, 1.82) is 0 Å². The van der Waals surface area contributed by atoms with Crippen molar-refractivity contribution in [3.63, 3.8) is 0 Å². The van der Waals surface area contributed by atoms with Gasteiger partial charge in [0.2, 0.25) is 5.91 Å². The van der Waals surface area contributed by atoms with E-state index in [0.29, 0.717) is 19.5 Å². The Bertz CT molecular complexity index is 917. The number of carbonyl (C=O) groups excluding carboxylic acids is 1. The van der Waals surface area contributed by atoms with Crippen LogP contribution in [0.25, 0.3) is 0 Å². The van der Waals surface area contributed by atoms with Crippen LogP contribution in [0.1, 0.15) is 42.0 Å². The first-order valence-electron chi connectivity index (χ1n) is 11.1. The zero-order valence-electron chi connectivity index (χ0n) is 19.3. The number of hydrogen-bond acceptors (Lipinski definition) is 3. The lowest BCUT2D eigenvalue weighted by molar-refractivity contribution is -0.132. The number of benzene rings is 2. The number of amides is 1. The molecule has 0 saturated carbocycles. The summed E-state index contributed by atoms with van der Waals surface area (Å²) in [4.78, 5) is 19.3. The number of halogens is 1. The molecule has 1 heterocycles. The molecule has 1 amide bonds. The second kappa shape index (κ2) is 13.3. The number of ether oxygens (including phenoxy) is 1. The molecule has 174 valence electrons. The molecule has 0 bridgehead atoms. The molecule has 0 unspecified atom stereocenters. The Morgan fingerprint density at radius 2 is 1.94 bits per heavy atom. The minimum absolute atomic E-state index is 0. The van der Waals surface area contributed by atoms with Gasteiger partial charge in [-0.2, -0.15) is 0 Å². The number of guanidine groups is 1. The van der Waals surface area contributed by atoms with Gasteiger partial charge in [-0.1, -0.05) is 36.4 Å². The average Bonchev–Trinajstić information content (AvgIpc) is 2.80. The van der Waals surface area contributed by atoms with Gasteiger partial charge in [-0.05, 0) is 49.4 Å². The summed E-state index contributed by atoms with van der Waals surface area (Å²) < 4.78 is 5.47. The predicted molar refractivity (Wildman–Crippen MR) is 141 cm³/mol. The molecule has 0 saturated heterocycles. The number of aryl methyl sites for hydroxylation is 1. The lowest BCUT2D eigenvalue weighted by atomic mass is 9.99. The Kier molecular flexibility index (Phi) is 10.8. The first kappa shape index (κ1) is 26.0. The van der Waals surface area contributed by atoms with Gasteiger partial charge in [0.25, 0.3) is 0 Å². The third kappa shape index (κ3) is 7.39. The summed E-state index contributed by atoms with van der Waals surface area (Å²) in [5.41, 5.74) is 4.85. The molecular weight excluding hydrogens is 515 g/mol. The van der Waals surface area contributed by atoms with E-state index in [1.807, 2.05) is 30.9 Å². The quantitative estimate of drug-likeness (QED) is 0.226. The Labute approximate surface area is 208 Å². The zero-order chi connectivity index (χ0) is 22.1. The van der Waals surface area contributed by atoms with E-state index in [-0.39, 0.29) is 29.9 Å². The largest absolute Gasteiger partial charge is 0.496 e. The third-order valence-corrected chi connectivity index (χ3v) is 5.54. The van der Waals surface area contributed by atoms with Crippen LogP contribution in [0.5, 0.6) is 5.75 Å². The summed E-state index contributed by atoms with van der Waals surface area (Å²) in [7, 11) is 1.68. The Balaban J connectivity index is 0.00000363. The normalized spacial score (nSPS) is 13.1. The lowest BCUT2D eigenvalue weighted by Gasteiger charge is -2.29. The summed E-state index contributed by atoms with van der Waals surface area (Å²) in [5.74, 6) is 1.83. The first-order chi connectivity index (χ1) is 15.1. The van der Waals surface area contributed by atoms with Crippen molar-refractivity contribution in [2.75, 3.05) is 26.7 Å². The van der Waals surface area contributed by atoms with Gasteiger partial charge in [-0.3, -0.25) is 4.79 Å². The van der Waals surface area contributed by atoms with Crippen molar-refractivity contribution in [2.45, 2.75) is 46.2 Å². The van der Waals surface area contributed by atoms with Gasteiger partial charge in [0, 0.05) is 38.2 Å². The molecule has 1 aliphatic heterocycles. The molecule has 0 aliphatic carbocycles. The van der Waals surface area contributed by atoms with Crippen LogP contribution in [-0.2, 0) is 24.3 Å². The minimum Gasteiger partial charge on any atom is -0.496 e. The molecule has 32 heavy (non-hydrogen) atoms. The number of fused-ring (bicyclic) bond motifs is 1. The standard InChI is InChI=1S/C25H34N4O2.HI/c1-4-26-25(28-17-21-12-11-19(2)16-23(21)31-3)27-14-7-10-24(30)29-15-13-20-8-5-6-9-22(20)18-29;/h5-6,8-9,11-12,16H,4,7,10,13-15,17-18H2,1-3H3,(H2,26,27,28);1H. The van der Waals surface area contributed by atoms with Gasteiger partial charge in [0.1, 0.15) is 5.75 Å². The van der Waals surface area contributed by atoms with Crippen molar-refractivity contribution in [2.24, 2.45) is 4.99 Å². The molecule has 0 spiro atoms. The van der Waals surface area contributed by atoms with E-state index < -0.39 is 0 Å².